The summed E-state index contributed by atoms with van der Waals surface area (Å²) in [4.78, 5) is 4.01. The number of ether oxygens (including phenoxy) is 1. The Hall–Kier alpha value is -2.23. The molecule has 0 aliphatic rings. The number of aromatic nitrogens is 1. The van der Waals surface area contributed by atoms with Crippen LogP contribution in [0.5, 0.6) is 5.75 Å². The molecule has 1 unspecified atom stereocenters. The molecule has 0 amide bonds. The molecule has 1 atom stereocenters. The topological polar surface area (TPSA) is 60.2 Å². The molecule has 0 spiro atoms. The fourth-order valence-corrected chi connectivity index (χ4v) is 1.76. The first-order chi connectivity index (χ1) is 8.70. The minimum atomic E-state index is 0.155. The normalized spacial score (nSPS) is 11.9. The number of nitrogens with two attached hydrogens (primary N) is 1. The zero-order chi connectivity index (χ0) is 13.0. The highest BCUT2D eigenvalue weighted by molar-refractivity contribution is 5.68. The number of nitrogen functional groups attached to an aromatic ring is 1. The van der Waals surface area contributed by atoms with Crippen LogP contribution in [-0.2, 0) is 0 Å². The molecule has 0 saturated heterocycles. The van der Waals surface area contributed by atoms with Crippen molar-refractivity contribution < 1.29 is 4.74 Å². The van der Waals surface area contributed by atoms with Gasteiger partial charge in [-0.1, -0.05) is 0 Å². The second-order valence-corrected chi connectivity index (χ2v) is 4.10. The molecular formula is C14H17N3O. The fourth-order valence-electron chi connectivity index (χ4n) is 1.76. The first kappa shape index (κ1) is 12.2. The predicted molar refractivity (Wildman–Crippen MR) is 73.7 cm³/mol. The van der Waals surface area contributed by atoms with Crippen molar-refractivity contribution in [3.63, 3.8) is 0 Å². The predicted octanol–water partition coefficient (Wildman–Crippen LogP) is 2.85. The third kappa shape index (κ3) is 2.71. The van der Waals surface area contributed by atoms with Crippen LogP contribution in [0.15, 0.2) is 42.7 Å². The van der Waals surface area contributed by atoms with E-state index in [-0.39, 0.29) is 6.04 Å². The van der Waals surface area contributed by atoms with Gasteiger partial charge in [0.25, 0.3) is 0 Å². The van der Waals surface area contributed by atoms with E-state index in [1.54, 1.807) is 19.5 Å². The Labute approximate surface area is 107 Å². The third-order valence-corrected chi connectivity index (χ3v) is 2.84. The molecule has 3 N–H and O–H groups in total. The van der Waals surface area contributed by atoms with Crippen LogP contribution in [0, 0.1) is 0 Å². The van der Waals surface area contributed by atoms with Crippen molar-refractivity contribution in [3.05, 3.63) is 48.3 Å². The number of hydrogen-bond donors (Lipinski definition) is 2. The zero-order valence-electron chi connectivity index (χ0n) is 10.6. The Morgan fingerprint density at radius 3 is 2.61 bits per heavy atom. The fraction of sp³-hybridized carbons (Fsp3) is 0.214. The number of nitrogens with zero attached hydrogens (tertiary/aromatic N) is 1. The number of nitrogens with one attached hydrogen (secondary N) is 1. The molecule has 0 aliphatic carbocycles. The van der Waals surface area contributed by atoms with E-state index in [4.69, 9.17) is 10.5 Å². The lowest BCUT2D eigenvalue weighted by Crippen LogP contribution is -2.08. The molecule has 1 aromatic carbocycles. The lowest BCUT2D eigenvalue weighted by Gasteiger charge is -2.17. The van der Waals surface area contributed by atoms with Gasteiger partial charge >= 0.3 is 0 Å². The second-order valence-electron chi connectivity index (χ2n) is 4.10. The van der Waals surface area contributed by atoms with Gasteiger partial charge in [-0.2, -0.15) is 0 Å². The molecule has 0 bridgehead atoms. The smallest absolute Gasteiger partial charge is 0.121 e. The summed E-state index contributed by atoms with van der Waals surface area (Å²) in [6.45, 7) is 2.08. The summed E-state index contributed by atoms with van der Waals surface area (Å²) in [5, 5.41) is 3.37. The Kier molecular flexibility index (Phi) is 3.67. The van der Waals surface area contributed by atoms with E-state index in [1.807, 2.05) is 30.3 Å². The van der Waals surface area contributed by atoms with Crippen LogP contribution in [0.4, 0.5) is 11.4 Å². The van der Waals surface area contributed by atoms with Crippen molar-refractivity contribution in [1.82, 2.24) is 4.98 Å². The molecule has 4 heteroatoms. The van der Waals surface area contributed by atoms with E-state index < -0.39 is 0 Å². The largest absolute Gasteiger partial charge is 0.497 e. The molecule has 0 fully saturated rings. The van der Waals surface area contributed by atoms with Gasteiger partial charge in [-0.3, -0.25) is 4.98 Å². The van der Waals surface area contributed by atoms with Crippen LogP contribution in [0.25, 0.3) is 0 Å². The monoisotopic (exact) mass is 243 g/mol. The molecule has 2 aromatic rings. The van der Waals surface area contributed by atoms with Gasteiger partial charge in [0.05, 0.1) is 18.5 Å². The van der Waals surface area contributed by atoms with Gasteiger partial charge < -0.3 is 15.8 Å². The summed E-state index contributed by atoms with van der Waals surface area (Å²) >= 11 is 0. The molecule has 2 rings (SSSR count). The number of methoxy groups -OCH3 is 1. The average molecular weight is 243 g/mol. The van der Waals surface area contributed by atoms with E-state index in [0.29, 0.717) is 5.69 Å². The third-order valence-electron chi connectivity index (χ3n) is 2.84. The minimum absolute atomic E-state index is 0.155. The highest BCUT2D eigenvalue weighted by Gasteiger charge is 2.07. The SMILES string of the molecule is COc1ccc(N)c(NC(C)c2ccncc2)c1. The number of benzene rings is 1. The van der Waals surface area contributed by atoms with Crippen LogP contribution in [-0.4, -0.2) is 12.1 Å². The number of hydrogen-bond acceptors (Lipinski definition) is 4. The molecule has 18 heavy (non-hydrogen) atoms. The van der Waals surface area contributed by atoms with Crippen LogP contribution in [0.2, 0.25) is 0 Å². The molecule has 1 heterocycles. The van der Waals surface area contributed by atoms with Gasteiger partial charge in [0, 0.05) is 24.5 Å². The average Bonchev–Trinajstić information content (AvgIpc) is 2.42. The van der Waals surface area contributed by atoms with Crippen LogP contribution >= 0.6 is 0 Å². The molecule has 1 aromatic heterocycles. The summed E-state index contributed by atoms with van der Waals surface area (Å²) in [5.74, 6) is 0.786. The molecule has 4 nitrogen and oxygen atoms in total. The Morgan fingerprint density at radius 1 is 1.22 bits per heavy atom. The quantitative estimate of drug-likeness (QED) is 0.811. The number of rotatable bonds is 4. The molecule has 94 valence electrons. The van der Waals surface area contributed by atoms with Gasteiger partial charge in [0.15, 0.2) is 0 Å². The maximum absolute atomic E-state index is 5.94. The first-order valence-electron chi connectivity index (χ1n) is 5.80. The lowest BCUT2D eigenvalue weighted by molar-refractivity contribution is 0.415. The summed E-state index contributed by atoms with van der Waals surface area (Å²) in [5.41, 5.74) is 8.68. The summed E-state index contributed by atoms with van der Waals surface area (Å²) in [6, 6.07) is 9.69. The molecule has 0 aliphatic heterocycles. The van der Waals surface area contributed by atoms with Crippen LogP contribution < -0.4 is 15.8 Å². The highest BCUT2D eigenvalue weighted by atomic mass is 16.5. The molecule has 0 saturated carbocycles. The van der Waals surface area contributed by atoms with Gasteiger partial charge in [0.2, 0.25) is 0 Å². The van der Waals surface area contributed by atoms with E-state index >= 15 is 0 Å². The molecular weight excluding hydrogens is 226 g/mol. The Morgan fingerprint density at radius 2 is 1.94 bits per heavy atom. The Balaban J connectivity index is 2.18. The van der Waals surface area contributed by atoms with Crippen molar-refractivity contribution in [2.45, 2.75) is 13.0 Å². The minimum Gasteiger partial charge on any atom is -0.497 e. The summed E-state index contributed by atoms with van der Waals surface area (Å²) in [7, 11) is 1.64. The zero-order valence-corrected chi connectivity index (χ0v) is 10.6. The maximum atomic E-state index is 5.94. The van der Waals surface area contributed by atoms with Crippen molar-refractivity contribution in [2.24, 2.45) is 0 Å². The van der Waals surface area contributed by atoms with Gasteiger partial charge in [-0.05, 0) is 36.8 Å². The van der Waals surface area contributed by atoms with Crippen LogP contribution in [0.3, 0.4) is 0 Å². The van der Waals surface area contributed by atoms with Gasteiger partial charge in [-0.25, -0.2) is 0 Å². The van der Waals surface area contributed by atoms with Crippen molar-refractivity contribution in [2.75, 3.05) is 18.2 Å². The van der Waals surface area contributed by atoms with Gasteiger partial charge in [0.1, 0.15) is 5.75 Å². The van der Waals surface area contributed by atoms with Crippen LogP contribution in [0.1, 0.15) is 18.5 Å². The van der Waals surface area contributed by atoms with E-state index in [9.17, 15) is 0 Å². The summed E-state index contributed by atoms with van der Waals surface area (Å²) in [6.07, 6.45) is 3.56. The highest BCUT2D eigenvalue weighted by Crippen LogP contribution is 2.27. The van der Waals surface area contributed by atoms with E-state index in [2.05, 4.69) is 17.2 Å². The van der Waals surface area contributed by atoms with Crippen molar-refractivity contribution in [3.8, 4) is 5.75 Å². The van der Waals surface area contributed by atoms with E-state index in [0.717, 1.165) is 17.0 Å². The first-order valence-corrected chi connectivity index (χ1v) is 5.80. The van der Waals surface area contributed by atoms with E-state index in [1.165, 1.54) is 0 Å². The van der Waals surface area contributed by atoms with Gasteiger partial charge in [-0.15, -0.1) is 0 Å². The second kappa shape index (κ2) is 5.40. The number of pyridine rings is 1. The molecule has 0 radical (unpaired) electrons. The lowest BCUT2D eigenvalue weighted by atomic mass is 10.1. The maximum Gasteiger partial charge on any atom is 0.121 e. The van der Waals surface area contributed by atoms with Crippen molar-refractivity contribution >= 4 is 11.4 Å². The Bertz CT molecular complexity index is 514. The standard InChI is InChI=1S/C14H17N3O/c1-10(11-5-7-16-8-6-11)17-14-9-12(18-2)3-4-13(14)15/h3-10,17H,15H2,1-2H3. The van der Waals surface area contributed by atoms with Crippen molar-refractivity contribution in [1.29, 1.82) is 0 Å². The number of anilines is 2. The summed E-state index contributed by atoms with van der Waals surface area (Å²) < 4.78 is 5.19.